The average Bonchev–Trinajstić information content (AvgIpc) is 3.61. The molecule has 0 amide bonds. The molecule has 0 aliphatic heterocycles. The highest BCUT2D eigenvalue weighted by atomic mass is 15.0. The third-order valence-electron chi connectivity index (χ3n) is 11.1. The Morgan fingerprint density at radius 3 is 1.16 bits per heavy atom. The SMILES string of the molecule is N#Cc1ccc(-c2cccc(C3(c4cccc(-c5ccc(-c6nc(-c7ccccc7)nc(-c7ccccc7)n6)cc5)c4)c4ccccc4-c4ccccc43)c2)cc1. The molecule has 0 atom stereocenters. The Morgan fingerprint density at radius 1 is 0.333 bits per heavy atom. The fourth-order valence-corrected chi connectivity index (χ4v) is 8.37. The lowest BCUT2D eigenvalue weighted by molar-refractivity contribution is 0.769. The molecule has 0 spiro atoms. The lowest BCUT2D eigenvalue weighted by atomic mass is 9.67. The normalized spacial score (nSPS) is 12.3. The predicted molar refractivity (Wildman–Crippen MR) is 229 cm³/mol. The molecule has 0 saturated carbocycles. The second kappa shape index (κ2) is 14.2. The second-order valence-electron chi connectivity index (χ2n) is 14.3. The van der Waals surface area contributed by atoms with E-state index in [1.165, 1.54) is 33.4 Å². The molecule has 0 N–H and O–H groups in total. The summed E-state index contributed by atoms with van der Waals surface area (Å²) in [6.07, 6.45) is 0. The van der Waals surface area contributed by atoms with Crippen molar-refractivity contribution in [1.29, 1.82) is 5.26 Å². The van der Waals surface area contributed by atoms with Gasteiger partial charge < -0.3 is 0 Å². The van der Waals surface area contributed by atoms with Gasteiger partial charge in [-0.25, -0.2) is 15.0 Å². The lowest BCUT2D eigenvalue weighted by Gasteiger charge is -2.34. The standard InChI is InChI=1S/C53H34N4/c54-35-36-25-27-37(28-26-36)42-17-11-19-44(33-42)53(48-23-9-7-21-46(48)47-22-8-10-24-49(47)53)45-20-12-18-43(34-45)38-29-31-41(32-30-38)52-56-50(39-13-3-1-4-14-39)55-51(57-52)40-15-5-2-6-16-40/h1-34H. The summed E-state index contributed by atoms with van der Waals surface area (Å²) in [5, 5.41) is 9.44. The molecule has 4 nitrogen and oxygen atoms in total. The van der Waals surface area contributed by atoms with Crippen LogP contribution in [0.25, 0.3) is 67.5 Å². The van der Waals surface area contributed by atoms with Crippen LogP contribution in [0.4, 0.5) is 0 Å². The first kappa shape index (κ1) is 33.8. The van der Waals surface area contributed by atoms with Crippen LogP contribution in [-0.2, 0) is 5.41 Å². The zero-order chi connectivity index (χ0) is 38.2. The minimum absolute atomic E-state index is 0.571. The molecule has 8 aromatic carbocycles. The van der Waals surface area contributed by atoms with Crippen LogP contribution in [0.3, 0.4) is 0 Å². The first-order valence-electron chi connectivity index (χ1n) is 19.1. The van der Waals surface area contributed by atoms with Gasteiger partial charge in [-0.05, 0) is 79.9 Å². The third-order valence-corrected chi connectivity index (χ3v) is 11.1. The summed E-state index contributed by atoms with van der Waals surface area (Å²) < 4.78 is 0. The van der Waals surface area contributed by atoms with Crippen molar-refractivity contribution in [2.24, 2.45) is 0 Å². The van der Waals surface area contributed by atoms with Crippen LogP contribution in [-0.4, -0.2) is 15.0 Å². The summed E-state index contributed by atoms with van der Waals surface area (Å²) in [7, 11) is 0. The molecule has 1 aliphatic rings. The molecule has 0 fully saturated rings. The Hall–Kier alpha value is -7.74. The summed E-state index contributed by atoms with van der Waals surface area (Å²) in [5.74, 6) is 1.91. The highest BCUT2D eigenvalue weighted by Crippen LogP contribution is 2.56. The molecule has 1 aliphatic carbocycles. The number of rotatable bonds is 7. The monoisotopic (exact) mass is 726 g/mol. The van der Waals surface area contributed by atoms with Gasteiger partial charge in [-0.15, -0.1) is 0 Å². The fourth-order valence-electron chi connectivity index (χ4n) is 8.37. The molecule has 1 heterocycles. The van der Waals surface area contributed by atoms with E-state index in [4.69, 9.17) is 15.0 Å². The van der Waals surface area contributed by atoms with Gasteiger partial charge in [-0.1, -0.05) is 182 Å². The molecule has 0 unspecified atom stereocenters. The molecule has 57 heavy (non-hydrogen) atoms. The van der Waals surface area contributed by atoms with E-state index in [-0.39, 0.29) is 0 Å². The van der Waals surface area contributed by atoms with E-state index >= 15 is 0 Å². The summed E-state index contributed by atoms with van der Waals surface area (Å²) in [5.41, 5.74) is 14.7. The molecule has 0 radical (unpaired) electrons. The van der Waals surface area contributed by atoms with E-state index in [2.05, 4.69) is 127 Å². The van der Waals surface area contributed by atoms with Crippen LogP contribution in [0, 0.1) is 11.3 Å². The van der Waals surface area contributed by atoms with Crippen molar-refractivity contribution in [2.45, 2.75) is 5.41 Å². The molecule has 4 heteroatoms. The van der Waals surface area contributed by atoms with Crippen LogP contribution in [0.1, 0.15) is 27.8 Å². The Morgan fingerprint density at radius 2 is 0.702 bits per heavy atom. The first-order chi connectivity index (χ1) is 28.2. The van der Waals surface area contributed by atoms with Crippen LogP contribution in [0.2, 0.25) is 0 Å². The summed E-state index contributed by atoms with van der Waals surface area (Å²) >= 11 is 0. The van der Waals surface area contributed by atoms with Gasteiger partial charge in [0.2, 0.25) is 0 Å². The topological polar surface area (TPSA) is 62.5 Å². The van der Waals surface area contributed by atoms with E-state index in [1.54, 1.807) is 0 Å². The number of hydrogen-bond donors (Lipinski definition) is 0. The van der Waals surface area contributed by atoms with Gasteiger partial charge in [-0.2, -0.15) is 5.26 Å². The highest BCUT2D eigenvalue weighted by molar-refractivity contribution is 5.87. The molecule has 9 aromatic rings. The van der Waals surface area contributed by atoms with E-state index in [1.807, 2.05) is 84.9 Å². The first-order valence-corrected chi connectivity index (χ1v) is 19.1. The summed E-state index contributed by atoms with van der Waals surface area (Å²) in [6.45, 7) is 0. The predicted octanol–water partition coefficient (Wildman–Crippen LogP) is 12.4. The van der Waals surface area contributed by atoms with E-state index in [9.17, 15) is 5.26 Å². The maximum absolute atomic E-state index is 9.44. The Balaban J connectivity index is 1.10. The van der Waals surface area contributed by atoms with Crippen LogP contribution >= 0.6 is 0 Å². The van der Waals surface area contributed by atoms with Crippen molar-refractivity contribution in [3.05, 3.63) is 234 Å². The average molecular weight is 727 g/mol. The van der Waals surface area contributed by atoms with Gasteiger partial charge in [0.25, 0.3) is 0 Å². The van der Waals surface area contributed by atoms with E-state index in [0.717, 1.165) is 38.9 Å². The number of nitrogens with zero attached hydrogens (tertiary/aromatic N) is 4. The molecular formula is C53H34N4. The fraction of sp³-hybridized carbons (Fsp3) is 0.0189. The molecule has 0 saturated heterocycles. The van der Waals surface area contributed by atoms with Gasteiger partial charge in [0.05, 0.1) is 17.0 Å². The smallest absolute Gasteiger partial charge is 0.164 e. The lowest BCUT2D eigenvalue weighted by Crippen LogP contribution is -2.28. The van der Waals surface area contributed by atoms with E-state index < -0.39 is 5.41 Å². The minimum Gasteiger partial charge on any atom is -0.208 e. The number of aromatic nitrogens is 3. The Labute approximate surface area is 332 Å². The second-order valence-corrected chi connectivity index (χ2v) is 14.3. The van der Waals surface area contributed by atoms with Crippen molar-refractivity contribution < 1.29 is 0 Å². The van der Waals surface area contributed by atoms with Crippen molar-refractivity contribution >= 4 is 0 Å². The van der Waals surface area contributed by atoms with Gasteiger partial charge in [0, 0.05) is 16.7 Å². The van der Waals surface area contributed by atoms with Crippen molar-refractivity contribution in [3.8, 4) is 73.6 Å². The number of fused-ring (bicyclic) bond motifs is 3. The maximum Gasteiger partial charge on any atom is 0.164 e. The van der Waals surface area contributed by atoms with Gasteiger partial charge in [0.15, 0.2) is 17.5 Å². The van der Waals surface area contributed by atoms with Gasteiger partial charge in [0.1, 0.15) is 0 Å². The molecule has 266 valence electrons. The molecular weight excluding hydrogens is 693 g/mol. The third kappa shape index (κ3) is 5.90. The highest BCUT2D eigenvalue weighted by Gasteiger charge is 2.46. The molecule has 10 rings (SSSR count). The zero-order valence-corrected chi connectivity index (χ0v) is 30.9. The largest absolute Gasteiger partial charge is 0.208 e. The van der Waals surface area contributed by atoms with Crippen LogP contribution in [0.15, 0.2) is 206 Å². The number of benzene rings is 8. The quantitative estimate of drug-likeness (QED) is 0.164. The van der Waals surface area contributed by atoms with Crippen molar-refractivity contribution in [3.63, 3.8) is 0 Å². The maximum atomic E-state index is 9.44. The Kier molecular flexibility index (Phi) is 8.39. The van der Waals surface area contributed by atoms with Crippen molar-refractivity contribution in [2.75, 3.05) is 0 Å². The molecule has 1 aromatic heterocycles. The van der Waals surface area contributed by atoms with Crippen LogP contribution in [0.5, 0.6) is 0 Å². The molecule has 0 bridgehead atoms. The minimum atomic E-state index is -0.571. The summed E-state index contributed by atoms with van der Waals surface area (Å²) in [4.78, 5) is 14.8. The van der Waals surface area contributed by atoms with Crippen LogP contribution < -0.4 is 0 Å². The van der Waals surface area contributed by atoms with Gasteiger partial charge in [-0.3, -0.25) is 0 Å². The van der Waals surface area contributed by atoms with Crippen molar-refractivity contribution in [1.82, 2.24) is 15.0 Å². The number of nitriles is 1. The van der Waals surface area contributed by atoms with Gasteiger partial charge >= 0.3 is 0 Å². The summed E-state index contributed by atoms with van der Waals surface area (Å²) in [6, 6.07) is 74.3. The Bertz CT molecular complexity index is 2840. The number of hydrogen-bond acceptors (Lipinski definition) is 4. The van der Waals surface area contributed by atoms with E-state index in [0.29, 0.717) is 23.0 Å². The zero-order valence-electron chi connectivity index (χ0n) is 30.9.